The van der Waals surface area contributed by atoms with Crippen LogP contribution in [0.15, 0.2) is 29.3 Å². The lowest BCUT2D eigenvalue weighted by Crippen LogP contribution is -2.58. The van der Waals surface area contributed by atoms with Crippen LogP contribution in [-0.2, 0) is 9.59 Å². The van der Waals surface area contributed by atoms with Gasteiger partial charge in [-0.25, -0.2) is 9.69 Å². The lowest BCUT2D eigenvalue weighted by molar-refractivity contribution is -0.131. The SMILES string of the molecule is CCOc1ccc(N2C(=O)NC(=O)[C@@H](C=NC(C)(CO)CO)C2=O)cc1. The largest absolute Gasteiger partial charge is 0.494 e. The molecule has 1 atom stereocenters. The molecule has 2 rings (SSSR count). The van der Waals surface area contributed by atoms with Crippen LogP contribution in [0.25, 0.3) is 0 Å². The molecule has 0 bridgehead atoms. The average Bonchev–Trinajstić information content (AvgIpc) is 2.62. The lowest BCUT2D eigenvalue weighted by Gasteiger charge is -2.29. The van der Waals surface area contributed by atoms with Crippen LogP contribution in [0.5, 0.6) is 5.75 Å². The molecule has 0 spiro atoms. The summed E-state index contributed by atoms with van der Waals surface area (Å²) in [5.74, 6) is -2.36. The zero-order valence-corrected chi connectivity index (χ0v) is 14.5. The molecule has 1 aliphatic heterocycles. The molecule has 0 unspecified atom stereocenters. The normalized spacial score (nSPS) is 18.4. The average molecular weight is 363 g/mol. The Balaban J connectivity index is 2.28. The molecule has 0 radical (unpaired) electrons. The Morgan fingerprint density at radius 2 is 1.85 bits per heavy atom. The Bertz CT molecular complexity index is 712. The number of nitrogens with one attached hydrogen (secondary N) is 1. The first-order valence-electron chi connectivity index (χ1n) is 8.04. The number of aliphatic hydroxyl groups is 2. The summed E-state index contributed by atoms with van der Waals surface area (Å²) in [6.07, 6.45) is 1.04. The van der Waals surface area contributed by atoms with Gasteiger partial charge in [-0.15, -0.1) is 0 Å². The van der Waals surface area contributed by atoms with Gasteiger partial charge in [-0.3, -0.25) is 19.9 Å². The molecule has 1 saturated heterocycles. The van der Waals surface area contributed by atoms with Crippen molar-refractivity contribution in [3.05, 3.63) is 24.3 Å². The maximum atomic E-state index is 12.6. The number of aliphatic hydroxyl groups excluding tert-OH is 2. The quantitative estimate of drug-likeness (QED) is 0.465. The van der Waals surface area contributed by atoms with Gasteiger partial charge in [-0.2, -0.15) is 0 Å². The van der Waals surface area contributed by atoms with Gasteiger partial charge in [0.1, 0.15) is 11.3 Å². The Morgan fingerprint density at radius 3 is 2.38 bits per heavy atom. The second kappa shape index (κ2) is 8.07. The highest BCUT2D eigenvalue weighted by Gasteiger charge is 2.40. The molecule has 1 fully saturated rings. The first kappa shape index (κ1) is 19.5. The molecule has 26 heavy (non-hydrogen) atoms. The van der Waals surface area contributed by atoms with Gasteiger partial charge in [0.25, 0.3) is 5.91 Å². The molecular weight excluding hydrogens is 342 g/mol. The minimum atomic E-state index is -1.35. The summed E-state index contributed by atoms with van der Waals surface area (Å²) in [6, 6.07) is 5.40. The number of aliphatic imine (C=N–C) groups is 1. The predicted octanol–water partition coefficient (Wildman–Crippen LogP) is 0.0984. The van der Waals surface area contributed by atoms with Gasteiger partial charge >= 0.3 is 6.03 Å². The number of carbonyl (C=O) groups excluding carboxylic acids is 3. The number of hydrogen-bond donors (Lipinski definition) is 3. The predicted molar refractivity (Wildman–Crippen MR) is 93.2 cm³/mol. The lowest BCUT2D eigenvalue weighted by atomic mass is 10.0. The molecule has 1 aromatic carbocycles. The van der Waals surface area contributed by atoms with E-state index >= 15 is 0 Å². The molecule has 9 heteroatoms. The van der Waals surface area contributed by atoms with E-state index in [1.54, 1.807) is 12.1 Å². The molecule has 1 aliphatic rings. The standard InChI is InChI=1S/C17H21N3O6/c1-3-26-12-6-4-11(5-7-12)20-15(24)13(14(23)19-16(20)25)8-18-17(2,9-21)10-22/h4-8,13,21-22H,3,9-10H2,1-2H3,(H,19,23,25)/t13-/m1/s1. The van der Waals surface area contributed by atoms with E-state index in [1.807, 2.05) is 6.92 Å². The summed E-state index contributed by atoms with van der Waals surface area (Å²) in [4.78, 5) is 41.5. The summed E-state index contributed by atoms with van der Waals surface area (Å²) in [5.41, 5.74) is -0.958. The second-order valence-electron chi connectivity index (χ2n) is 5.96. The van der Waals surface area contributed by atoms with Crippen molar-refractivity contribution in [3.8, 4) is 5.75 Å². The van der Waals surface area contributed by atoms with E-state index in [9.17, 15) is 24.6 Å². The minimum Gasteiger partial charge on any atom is -0.494 e. The molecule has 4 amide bonds. The van der Waals surface area contributed by atoms with Crippen LogP contribution in [-0.4, -0.2) is 59.6 Å². The van der Waals surface area contributed by atoms with Crippen molar-refractivity contribution in [2.75, 3.05) is 24.7 Å². The fraction of sp³-hybridized carbons (Fsp3) is 0.412. The Labute approximate surface area is 150 Å². The van der Waals surface area contributed by atoms with E-state index in [-0.39, 0.29) is 5.69 Å². The van der Waals surface area contributed by atoms with Crippen molar-refractivity contribution in [2.45, 2.75) is 19.4 Å². The van der Waals surface area contributed by atoms with Crippen molar-refractivity contribution in [1.29, 1.82) is 0 Å². The van der Waals surface area contributed by atoms with Crippen LogP contribution < -0.4 is 15.0 Å². The number of amides is 4. The van der Waals surface area contributed by atoms with E-state index in [2.05, 4.69) is 10.3 Å². The second-order valence-corrected chi connectivity index (χ2v) is 5.96. The number of hydrogen-bond acceptors (Lipinski definition) is 7. The van der Waals surface area contributed by atoms with Crippen LogP contribution in [0, 0.1) is 5.92 Å². The first-order chi connectivity index (χ1) is 12.3. The van der Waals surface area contributed by atoms with Gasteiger partial charge in [-0.05, 0) is 38.1 Å². The zero-order valence-electron chi connectivity index (χ0n) is 14.5. The van der Waals surface area contributed by atoms with Gasteiger partial charge in [0.2, 0.25) is 5.91 Å². The molecule has 140 valence electrons. The zero-order chi connectivity index (χ0) is 19.3. The highest BCUT2D eigenvalue weighted by molar-refractivity contribution is 6.32. The third-order valence-electron chi connectivity index (χ3n) is 3.82. The maximum absolute atomic E-state index is 12.6. The van der Waals surface area contributed by atoms with Gasteiger partial charge in [0.15, 0.2) is 5.92 Å². The molecule has 1 aromatic rings. The van der Waals surface area contributed by atoms with Crippen LogP contribution in [0.3, 0.4) is 0 Å². The highest BCUT2D eigenvalue weighted by Crippen LogP contribution is 2.23. The molecule has 3 N–H and O–H groups in total. The maximum Gasteiger partial charge on any atom is 0.335 e. The Morgan fingerprint density at radius 1 is 1.23 bits per heavy atom. The van der Waals surface area contributed by atoms with Crippen molar-refractivity contribution in [3.63, 3.8) is 0 Å². The van der Waals surface area contributed by atoms with Gasteiger partial charge in [-0.1, -0.05) is 0 Å². The first-order valence-corrected chi connectivity index (χ1v) is 8.04. The fourth-order valence-electron chi connectivity index (χ4n) is 2.21. The summed E-state index contributed by atoms with van der Waals surface area (Å²) in [6.45, 7) is 2.83. The molecule has 0 aromatic heterocycles. The van der Waals surface area contributed by atoms with Crippen molar-refractivity contribution in [2.24, 2.45) is 10.9 Å². The number of ether oxygens (including phenoxy) is 1. The third kappa shape index (κ3) is 4.06. The summed E-state index contributed by atoms with van der Waals surface area (Å²) < 4.78 is 5.31. The summed E-state index contributed by atoms with van der Waals surface area (Å²) in [5, 5.41) is 20.6. The van der Waals surface area contributed by atoms with Crippen LogP contribution >= 0.6 is 0 Å². The Kier molecular flexibility index (Phi) is 6.06. The van der Waals surface area contributed by atoms with E-state index in [0.29, 0.717) is 12.4 Å². The monoisotopic (exact) mass is 363 g/mol. The number of carbonyl (C=O) groups is 3. The number of urea groups is 1. The van der Waals surface area contributed by atoms with E-state index in [4.69, 9.17) is 4.74 Å². The van der Waals surface area contributed by atoms with Gasteiger partial charge < -0.3 is 14.9 Å². The number of imide groups is 2. The summed E-state index contributed by atoms with van der Waals surface area (Å²) >= 11 is 0. The molecule has 0 aliphatic carbocycles. The van der Waals surface area contributed by atoms with Crippen molar-refractivity contribution in [1.82, 2.24) is 5.32 Å². The van der Waals surface area contributed by atoms with Crippen LogP contribution in [0.4, 0.5) is 10.5 Å². The van der Waals surface area contributed by atoms with E-state index in [0.717, 1.165) is 11.1 Å². The topological polar surface area (TPSA) is 129 Å². The molecule has 1 heterocycles. The fourth-order valence-corrected chi connectivity index (χ4v) is 2.21. The highest BCUT2D eigenvalue weighted by atomic mass is 16.5. The molecular formula is C17H21N3O6. The number of barbiturate groups is 1. The number of nitrogens with zero attached hydrogens (tertiary/aromatic N) is 2. The van der Waals surface area contributed by atoms with Crippen LogP contribution in [0.2, 0.25) is 0 Å². The van der Waals surface area contributed by atoms with Crippen LogP contribution in [0.1, 0.15) is 13.8 Å². The van der Waals surface area contributed by atoms with Gasteiger partial charge in [0.05, 0.1) is 25.5 Å². The smallest absolute Gasteiger partial charge is 0.335 e. The van der Waals surface area contributed by atoms with Gasteiger partial charge in [0, 0.05) is 6.21 Å². The molecule has 0 saturated carbocycles. The number of rotatable bonds is 7. The number of benzene rings is 1. The van der Waals surface area contributed by atoms with E-state index < -0.39 is 42.5 Å². The van der Waals surface area contributed by atoms with Crippen molar-refractivity contribution < 1.29 is 29.3 Å². The van der Waals surface area contributed by atoms with E-state index in [1.165, 1.54) is 19.1 Å². The Hall–Kier alpha value is -2.78. The minimum absolute atomic E-state index is 0.272. The third-order valence-corrected chi connectivity index (χ3v) is 3.82. The number of anilines is 1. The summed E-state index contributed by atoms with van der Waals surface area (Å²) in [7, 11) is 0. The molecule has 9 nitrogen and oxygen atoms in total. The van der Waals surface area contributed by atoms with Crippen molar-refractivity contribution >= 4 is 29.7 Å².